The summed E-state index contributed by atoms with van der Waals surface area (Å²) in [5, 5.41) is 15.5. The van der Waals surface area contributed by atoms with Crippen molar-refractivity contribution in [2.45, 2.75) is 37.3 Å². The van der Waals surface area contributed by atoms with Gasteiger partial charge in [-0.15, -0.1) is 0 Å². The van der Waals surface area contributed by atoms with Crippen LogP contribution < -0.4 is 4.90 Å². The van der Waals surface area contributed by atoms with E-state index in [2.05, 4.69) is 4.98 Å². The number of pyridine rings is 1. The first-order valence-corrected chi connectivity index (χ1v) is 11.7. The van der Waals surface area contributed by atoms with Gasteiger partial charge in [-0.25, -0.2) is 18.9 Å². The van der Waals surface area contributed by atoms with E-state index in [9.17, 15) is 9.90 Å². The molecule has 34 heavy (non-hydrogen) atoms. The van der Waals surface area contributed by atoms with E-state index in [1.54, 1.807) is 17.9 Å². The molecular formula is C25H29FN4O4. The second-order valence-corrected chi connectivity index (χ2v) is 9.16. The van der Waals surface area contributed by atoms with Gasteiger partial charge in [0.1, 0.15) is 0 Å². The van der Waals surface area contributed by atoms with Gasteiger partial charge in [0, 0.05) is 26.0 Å². The van der Waals surface area contributed by atoms with E-state index >= 15 is 4.39 Å². The Kier molecular flexibility index (Phi) is 6.22. The second kappa shape index (κ2) is 9.31. The second-order valence-electron chi connectivity index (χ2n) is 9.16. The van der Waals surface area contributed by atoms with Gasteiger partial charge in [-0.2, -0.15) is 5.10 Å². The van der Waals surface area contributed by atoms with Crippen molar-refractivity contribution in [1.29, 1.82) is 0 Å². The van der Waals surface area contributed by atoms with Gasteiger partial charge < -0.3 is 19.5 Å². The molecule has 0 amide bonds. The molecule has 8 nitrogen and oxygen atoms in total. The van der Waals surface area contributed by atoms with Crippen molar-refractivity contribution in [3.8, 4) is 5.69 Å². The molecule has 1 aromatic carbocycles. The molecule has 3 heterocycles. The Hall–Kier alpha value is -3.04. The molecule has 0 spiro atoms. The first kappa shape index (κ1) is 22.7. The van der Waals surface area contributed by atoms with E-state index < -0.39 is 11.6 Å². The number of fused-ring (bicyclic) bond motifs is 1. The molecule has 180 valence electrons. The fourth-order valence-electron chi connectivity index (χ4n) is 4.75. The molecule has 9 heteroatoms. The molecule has 2 aliphatic rings. The fourth-order valence-corrected chi connectivity index (χ4v) is 4.75. The largest absolute Gasteiger partial charge is 0.477 e. The van der Waals surface area contributed by atoms with Crippen LogP contribution in [0.3, 0.4) is 0 Å². The SMILES string of the molecule is COCCOCC1(F)CCN(c2cc(C(=O)O)nc3c2c(C2CCC2)nn3-c2ccccc2)C1. The zero-order chi connectivity index (χ0) is 23.7. The Bertz CT molecular complexity index is 1180. The van der Waals surface area contributed by atoms with E-state index in [0.717, 1.165) is 36.0 Å². The van der Waals surface area contributed by atoms with E-state index in [1.165, 1.54) is 0 Å². The number of carboxylic acids is 1. The third kappa shape index (κ3) is 4.25. The summed E-state index contributed by atoms with van der Waals surface area (Å²) in [6.45, 7) is 1.31. The number of benzene rings is 1. The monoisotopic (exact) mass is 468 g/mol. The lowest BCUT2D eigenvalue weighted by Gasteiger charge is -2.26. The number of carboxylic acid groups (broad SMARTS) is 1. The van der Waals surface area contributed by atoms with Gasteiger partial charge in [0.25, 0.3) is 0 Å². The normalized spacial score (nSPS) is 20.7. The lowest BCUT2D eigenvalue weighted by molar-refractivity contribution is 0.00517. The Balaban J connectivity index is 1.59. The first-order chi connectivity index (χ1) is 16.5. The molecule has 1 N–H and O–H groups in total. The molecule has 1 aliphatic carbocycles. The summed E-state index contributed by atoms with van der Waals surface area (Å²) < 4.78 is 27.8. The van der Waals surface area contributed by atoms with Crippen LogP contribution in [0, 0.1) is 0 Å². The predicted molar refractivity (Wildman–Crippen MR) is 126 cm³/mol. The average molecular weight is 469 g/mol. The van der Waals surface area contributed by atoms with Crippen molar-refractivity contribution >= 4 is 22.7 Å². The van der Waals surface area contributed by atoms with Crippen molar-refractivity contribution in [1.82, 2.24) is 14.8 Å². The molecule has 1 unspecified atom stereocenters. The van der Waals surface area contributed by atoms with Crippen LogP contribution in [0.25, 0.3) is 16.7 Å². The fraction of sp³-hybridized carbons (Fsp3) is 0.480. The summed E-state index contributed by atoms with van der Waals surface area (Å²) in [7, 11) is 1.58. The van der Waals surface area contributed by atoms with Crippen LogP contribution in [-0.2, 0) is 9.47 Å². The maximum absolute atomic E-state index is 15.6. The third-order valence-corrected chi connectivity index (χ3v) is 6.79. The number of ether oxygens (including phenoxy) is 2. The van der Waals surface area contributed by atoms with Crippen molar-refractivity contribution in [2.24, 2.45) is 0 Å². The zero-order valence-corrected chi connectivity index (χ0v) is 19.2. The van der Waals surface area contributed by atoms with Crippen LogP contribution in [-0.4, -0.2) is 71.5 Å². The summed E-state index contributed by atoms with van der Waals surface area (Å²) >= 11 is 0. The number of aromatic nitrogens is 3. The molecule has 2 fully saturated rings. The number of aromatic carboxylic acids is 1. The molecule has 1 atom stereocenters. The number of nitrogens with zero attached hydrogens (tertiary/aromatic N) is 4. The zero-order valence-electron chi connectivity index (χ0n) is 19.2. The number of hydrogen-bond acceptors (Lipinski definition) is 6. The van der Waals surface area contributed by atoms with Crippen LogP contribution in [0.15, 0.2) is 36.4 Å². The number of methoxy groups -OCH3 is 1. The minimum absolute atomic E-state index is 0.0222. The van der Waals surface area contributed by atoms with Crippen LogP contribution in [0.1, 0.15) is 47.8 Å². The Morgan fingerprint density at radius 1 is 1.26 bits per heavy atom. The number of anilines is 1. The van der Waals surface area contributed by atoms with Crippen molar-refractivity contribution < 1.29 is 23.8 Å². The van der Waals surface area contributed by atoms with Gasteiger partial charge in [-0.05, 0) is 31.0 Å². The number of carbonyl (C=O) groups is 1. The number of alkyl halides is 1. The lowest BCUT2D eigenvalue weighted by atomic mass is 9.82. The van der Waals surface area contributed by atoms with Crippen molar-refractivity contribution in [2.75, 3.05) is 44.9 Å². The number of hydrogen-bond donors (Lipinski definition) is 1. The first-order valence-electron chi connectivity index (χ1n) is 11.7. The van der Waals surface area contributed by atoms with E-state index in [0.29, 0.717) is 43.4 Å². The standard InChI is InChI=1S/C25H29FN4O4/c1-33-12-13-34-16-25(26)10-11-29(15-25)20-14-19(24(31)32)27-23-21(20)22(17-6-5-7-17)28-30(23)18-8-3-2-4-9-18/h2-4,8-9,14,17H,5-7,10-13,15-16H2,1H3,(H,31,32). The smallest absolute Gasteiger partial charge is 0.354 e. The Morgan fingerprint density at radius 2 is 2.06 bits per heavy atom. The highest BCUT2D eigenvalue weighted by Gasteiger charge is 2.40. The van der Waals surface area contributed by atoms with Crippen molar-refractivity contribution in [3.63, 3.8) is 0 Å². The minimum atomic E-state index is -1.52. The molecule has 1 aliphatic heterocycles. The summed E-state index contributed by atoms with van der Waals surface area (Å²) in [4.78, 5) is 18.4. The Morgan fingerprint density at radius 3 is 2.74 bits per heavy atom. The maximum atomic E-state index is 15.6. The third-order valence-electron chi connectivity index (χ3n) is 6.79. The van der Waals surface area contributed by atoms with Gasteiger partial charge in [0.05, 0.1) is 48.8 Å². The lowest BCUT2D eigenvalue weighted by Crippen LogP contribution is -2.34. The Labute approximate surface area is 197 Å². The van der Waals surface area contributed by atoms with Gasteiger partial charge >= 0.3 is 5.97 Å². The maximum Gasteiger partial charge on any atom is 0.354 e. The summed E-state index contributed by atoms with van der Waals surface area (Å²) in [5.74, 6) is -0.832. The molecule has 3 aromatic rings. The summed E-state index contributed by atoms with van der Waals surface area (Å²) in [6.07, 6.45) is 3.50. The number of para-hydroxylation sites is 1. The predicted octanol–water partition coefficient (Wildman–Crippen LogP) is 3.97. The summed E-state index contributed by atoms with van der Waals surface area (Å²) in [5.41, 5.74) is 1.31. The number of rotatable bonds is 9. The highest BCUT2D eigenvalue weighted by atomic mass is 19.1. The molecule has 2 aromatic heterocycles. The molecule has 1 saturated carbocycles. The average Bonchev–Trinajstić information content (AvgIpc) is 3.37. The van der Waals surface area contributed by atoms with Crippen LogP contribution in [0.2, 0.25) is 0 Å². The van der Waals surface area contributed by atoms with Crippen LogP contribution in [0.5, 0.6) is 0 Å². The minimum Gasteiger partial charge on any atom is -0.477 e. The highest BCUT2D eigenvalue weighted by Crippen LogP contribution is 2.44. The number of halogens is 1. The summed E-state index contributed by atoms with van der Waals surface area (Å²) in [6, 6.07) is 11.2. The highest BCUT2D eigenvalue weighted by molar-refractivity contribution is 5.98. The van der Waals surface area contributed by atoms with E-state index in [-0.39, 0.29) is 18.8 Å². The van der Waals surface area contributed by atoms with Crippen LogP contribution in [0.4, 0.5) is 10.1 Å². The van der Waals surface area contributed by atoms with Gasteiger partial charge in [0.2, 0.25) is 0 Å². The van der Waals surface area contributed by atoms with E-state index in [4.69, 9.17) is 14.6 Å². The molecule has 1 saturated heterocycles. The quantitative estimate of drug-likeness (QED) is 0.475. The topological polar surface area (TPSA) is 89.7 Å². The molecule has 5 rings (SSSR count). The molecule has 0 bridgehead atoms. The van der Waals surface area contributed by atoms with E-state index in [1.807, 2.05) is 35.2 Å². The molecule has 0 radical (unpaired) electrons. The van der Waals surface area contributed by atoms with Crippen LogP contribution >= 0.6 is 0 Å². The van der Waals surface area contributed by atoms with Crippen molar-refractivity contribution in [3.05, 3.63) is 47.8 Å². The van der Waals surface area contributed by atoms with Gasteiger partial charge in [0.15, 0.2) is 17.0 Å². The molecular weight excluding hydrogens is 439 g/mol. The van der Waals surface area contributed by atoms with Gasteiger partial charge in [-0.3, -0.25) is 0 Å². The van der Waals surface area contributed by atoms with Gasteiger partial charge in [-0.1, -0.05) is 24.6 Å².